The summed E-state index contributed by atoms with van der Waals surface area (Å²) in [5.41, 5.74) is 4.28. The number of fused-ring (bicyclic) bond motifs is 6. The number of rotatable bonds is 0. The van der Waals surface area contributed by atoms with Gasteiger partial charge >= 0.3 is 0 Å². The van der Waals surface area contributed by atoms with E-state index >= 15 is 0 Å². The average Bonchev–Trinajstić information content (AvgIpc) is 3.23. The molecule has 2 aromatic heterocycles. The first-order valence-corrected chi connectivity index (χ1v) is 9.30. The summed E-state index contributed by atoms with van der Waals surface area (Å²) in [5, 5.41) is 15.5. The molecule has 3 aromatic carbocycles. The van der Waals surface area contributed by atoms with Gasteiger partial charge < -0.3 is 0 Å². The largest absolute Gasteiger partial charge is 0.231 e. The van der Waals surface area contributed by atoms with Crippen molar-refractivity contribution in [2.24, 2.45) is 0 Å². The van der Waals surface area contributed by atoms with Gasteiger partial charge in [-0.05, 0) is 58.4 Å². The summed E-state index contributed by atoms with van der Waals surface area (Å²) in [6.45, 7) is 0. The number of hydrogen-bond acceptors (Lipinski definition) is 4. The van der Waals surface area contributed by atoms with Gasteiger partial charge in [-0.3, -0.25) is 0 Å². The number of nitrogens with one attached hydrogen (secondary N) is 1. The molecule has 0 saturated carbocycles. The van der Waals surface area contributed by atoms with Crippen LogP contribution in [-0.2, 0) is 12.8 Å². The van der Waals surface area contributed by atoms with E-state index in [1.165, 1.54) is 47.2 Å². The second kappa shape index (κ2) is 6.76. The van der Waals surface area contributed by atoms with E-state index in [2.05, 4.69) is 73.9 Å². The SMILES string of the molecule is c1ccc2c(c1)ccc1c3c(ccc12)CCCC3.c1cnc2n[nH]nc2n1. The maximum Gasteiger partial charge on any atom is 0.220 e. The van der Waals surface area contributed by atoms with E-state index in [0.717, 1.165) is 0 Å². The first kappa shape index (κ1) is 15.9. The summed E-state index contributed by atoms with van der Waals surface area (Å²) in [4.78, 5) is 7.75. The van der Waals surface area contributed by atoms with Gasteiger partial charge in [-0.1, -0.05) is 48.5 Å². The number of aryl methyl sites for hydroxylation is 2. The third-order valence-electron chi connectivity index (χ3n) is 5.23. The lowest BCUT2D eigenvalue weighted by Gasteiger charge is -2.18. The molecule has 6 rings (SSSR count). The Labute approximate surface area is 156 Å². The molecule has 0 atom stereocenters. The van der Waals surface area contributed by atoms with Crippen LogP contribution >= 0.6 is 0 Å². The van der Waals surface area contributed by atoms with Crippen LogP contribution in [0.15, 0.2) is 60.9 Å². The van der Waals surface area contributed by atoms with Gasteiger partial charge in [0.05, 0.1) is 0 Å². The van der Waals surface area contributed by atoms with Gasteiger partial charge in [0.2, 0.25) is 11.3 Å². The van der Waals surface area contributed by atoms with Crippen molar-refractivity contribution in [2.45, 2.75) is 25.7 Å². The molecule has 5 nitrogen and oxygen atoms in total. The molecule has 0 spiro atoms. The lowest BCUT2D eigenvalue weighted by molar-refractivity contribution is 0.690. The van der Waals surface area contributed by atoms with Gasteiger partial charge in [-0.2, -0.15) is 5.21 Å². The van der Waals surface area contributed by atoms with Crippen molar-refractivity contribution in [3.8, 4) is 0 Å². The highest BCUT2D eigenvalue weighted by Gasteiger charge is 2.13. The Balaban J connectivity index is 0.000000149. The Morgan fingerprint density at radius 2 is 1.41 bits per heavy atom. The monoisotopic (exact) mass is 353 g/mol. The zero-order valence-corrected chi connectivity index (χ0v) is 14.9. The van der Waals surface area contributed by atoms with Gasteiger partial charge in [-0.15, -0.1) is 10.2 Å². The zero-order chi connectivity index (χ0) is 18.1. The molecule has 0 fully saturated rings. The van der Waals surface area contributed by atoms with Gasteiger partial charge in [0.25, 0.3) is 0 Å². The molecule has 0 saturated heterocycles. The molecule has 0 amide bonds. The summed E-state index contributed by atoms with van der Waals surface area (Å²) in [6, 6.07) is 18.0. The van der Waals surface area contributed by atoms with Crippen LogP contribution < -0.4 is 0 Å². The topological polar surface area (TPSA) is 67.3 Å². The fraction of sp³-hybridized carbons (Fsp3) is 0.182. The Bertz CT molecular complexity index is 1210. The molecular formula is C22H19N5. The van der Waals surface area contributed by atoms with Crippen LogP contribution in [0.25, 0.3) is 32.8 Å². The fourth-order valence-corrected chi connectivity index (χ4v) is 3.94. The van der Waals surface area contributed by atoms with Crippen molar-refractivity contribution < 1.29 is 0 Å². The number of H-pyrrole nitrogens is 1. The molecule has 0 radical (unpaired) electrons. The lowest BCUT2D eigenvalue weighted by Crippen LogP contribution is -2.02. The first-order chi connectivity index (χ1) is 13.4. The number of hydrogen-bond donors (Lipinski definition) is 1. The highest BCUT2D eigenvalue weighted by Crippen LogP contribution is 2.33. The molecule has 0 bridgehead atoms. The van der Waals surface area contributed by atoms with E-state index in [9.17, 15) is 0 Å². The van der Waals surface area contributed by atoms with Gasteiger partial charge in [0.1, 0.15) is 0 Å². The van der Waals surface area contributed by atoms with E-state index < -0.39 is 0 Å². The van der Waals surface area contributed by atoms with Crippen molar-refractivity contribution >= 4 is 32.8 Å². The third-order valence-corrected chi connectivity index (χ3v) is 5.23. The van der Waals surface area contributed by atoms with Crippen molar-refractivity contribution in [1.82, 2.24) is 25.4 Å². The molecule has 132 valence electrons. The van der Waals surface area contributed by atoms with E-state index in [1.807, 2.05) is 0 Å². The smallest absolute Gasteiger partial charge is 0.220 e. The lowest BCUT2D eigenvalue weighted by atomic mass is 9.86. The summed E-state index contributed by atoms with van der Waals surface area (Å²) >= 11 is 0. The molecular weight excluding hydrogens is 334 g/mol. The highest BCUT2D eigenvalue weighted by molar-refractivity contribution is 6.08. The van der Waals surface area contributed by atoms with E-state index in [4.69, 9.17) is 0 Å². The average molecular weight is 353 g/mol. The normalized spacial score (nSPS) is 13.3. The zero-order valence-electron chi connectivity index (χ0n) is 14.9. The van der Waals surface area contributed by atoms with Crippen molar-refractivity contribution in [3.63, 3.8) is 0 Å². The van der Waals surface area contributed by atoms with Crippen molar-refractivity contribution in [1.29, 1.82) is 0 Å². The Morgan fingerprint density at radius 3 is 2.26 bits per heavy atom. The predicted molar refractivity (Wildman–Crippen MR) is 108 cm³/mol. The molecule has 0 unspecified atom stereocenters. The van der Waals surface area contributed by atoms with Crippen LogP contribution in [0.1, 0.15) is 24.0 Å². The van der Waals surface area contributed by atoms with E-state index in [0.29, 0.717) is 11.3 Å². The maximum absolute atomic E-state index is 3.87. The fourth-order valence-electron chi connectivity index (χ4n) is 3.94. The van der Waals surface area contributed by atoms with E-state index in [-0.39, 0.29) is 0 Å². The molecule has 1 aliphatic rings. The summed E-state index contributed by atoms with van der Waals surface area (Å²) in [6.07, 6.45) is 8.36. The number of benzene rings is 3. The maximum atomic E-state index is 3.87. The van der Waals surface area contributed by atoms with Gasteiger partial charge in [0, 0.05) is 12.4 Å². The summed E-state index contributed by atoms with van der Waals surface area (Å²) in [5.74, 6) is 0. The summed E-state index contributed by atoms with van der Waals surface area (Å²) in [7, 11) is 0. The standard InChI is InChI=1S/C18H16.C4H3N5/c1-3-7-15-13(5-1)9-11-18-16-8-4-2-6-14(16)10-12-17(15)18;1-2-6-4-3(5-1)7-9-8-4/h1,3,5,7,9-12H,2,4,6,8H2;1-2H,(H,5,6,7,8,9). The molecule has 2 heterocycles. The van der Waals surface area contributed by atoms with Crippen LogP contribution in [0.5, 0.6) is 0 Å². The molecule has 1 N–H and O–H groups in total. The Kier molecular flexibility index (Phi) is 3.98. The summed E-state index contributed by atoms with van der Waals surface area (Å²) < 4.78 is 0. The van der Waals surface area contributed by atoms with Crippen LogP contribution in [0.4, 0.5) is 0 Å². The van der Waals surface area contributed by atoms with Crippen LogP contribution in [-0.4, -0.2) is 25.4 Å². The quantitative estimate of drug-likeness (QED) is 0.413. The molecule has 27 heavy (non-hydrogen) atoms. The van der Waals surface area contributed by atoms with E-state index in [1.54, 1.807) is 23.5 Å². The number of nitrogens with zero attached hydrogens (tertiary/aromatic N) is 4. The number of aromatic amines is 1. The van der Waals surface area contributed by atoms with Crippen LogP contribution in [0.3, 0.4) is 0 Å². The van der Waals surface area contributed by atoms with Crippen LogP contribution in [0.2, 0.25) is 0 Å². The third kappa shape index (κ3) is 2.91. The van der Waals surface area contributed by atoms with Gasteiger partial charge in [-0.25, -0.2) is 9.97 Å². The minimum absolute atomic E-state index is 0.553. The molecule has 5 aromatic rings. The minimum atomic E-state index is 0.553. The molecule has 0 aliphatic heterocycles. The van der Waals surface area contributed by atoms with Crippen molar-refractivity contribution in [2.75, 3.05) is 0 Å². The van der Waals surface area contributed by atoms with Crippen LogP contribution in [0, 0.1) is 0 Å². The second-order valence-corrected chi connectivity index (χ2v) is 6.82. The van der Waals surface area contributed by atoms with Crippen molar-refractivity contribution in [3.05, 3.63) is 72.1 Å². The second-order valence-electron chi connectivity index (χ2n) is 6.82. The molecule has 5 heteroatoms. The number of aromatic nitrogens is 5. The highest BCUT2D eigenvalue weighted by atomic mass is 15.4. The molecule has 1 aliphatic carbocycles. The first-order valence-electron chi connectivity index (χ1n) is 9.30. The predicted octanol–water partition coefficient (Wildman–Crippen LogP) is 4.62. The Morgan fingerprint density at radius 1 is 0.667 bits per heavy atom. The minimum Gasteiger partial charge on any atom is -0.231 e. The van der Waals surface area contributed by atoms with Gasteiger partial charge in [0.15, 0.2) is 0 Å². The Hall–Kier alpha value is -3.34.